The standard InChI is InChI=1S/C9H13IN2O2/c1-3-4-5-12-6-7(10)8(11-12)9(13)14-2/h6H,3-5H2,1-2H3. The molecule has 0 saturated carbocycles. The van der Waals surface area contributed by atoms with Gasteiger partial charge in [-0.2, -0.15) is 5.10 Å². The fraction of sp³-hybridized carbons (Fsp3) is 0.556. The molecule has 0 aromatic carbocycles. The van der Waals surface area contributed by atoms with Crippen LogP contribution in [-0.4, -0.2) is 22.9 Å². The zero-order valence-electron chi connectivity index (χ0n) is 8.29. The van der Waals surface area contributed by atoms with E-state index in [1.54, 1.807) is 4.68 Å². The number of esters is 1. The van der Waals surface area contributed by atoms with Crippen molar-refractivity contribution in [2.45, 2.75) is 26.3 Å². The van der Waals surface area contributed by atoms with Crippen molar-refractivity contribution in [1.29, 1.82) is 0 Å². The first-order valence-electron chi connectivity index (χ1n) is 4.50. The third-order valence-electron chi connectivity index (χ3n) is 1.84. The number of unbranched alkanes of at least 4 members (excludes halogenated alkanes) is 1. The van der Waals surface area contributed by atoms with E-state index in [1.807, 2.05) is 6.20 Å². The molecule has 0 fully saturated rings. The number of hydrogen-bond donors (Lipinski definition) is 0. The molecule has 0 aliphatic rings. The summed E-state index contributed by atoms with van der Waals surface area (Å²) in [7, 11) is 1.36. The lowest BCUT2D eigenvalue weighted by atomic mass is 10.3. The van der Waals surface area contributed by atoms with E-state index in [2.05, 4.69) is 39.4 Å². The maximum atomic E-state index is 11.2. The monoisotopic (exact) mass is 308 g/mol. The highest BCUT2D eigenvalue weighted by Gasteiger charge is 2.14. The zero-order chi connectivity index (χ0) is 10.6. The fourth-order valence-corrected chi connectivity index (χ4v) is 1.72. The lowest BCUT2D eigenvalue weighted by Gasteiger charge is -1.97. The number of aryl methyl sites for hydroxylation is 1. The van der Waals surface area contributed by atoms with Crippen molar-refractivity contribution in [3.8, 4) is 0 Å². The molecule has 0 aliphatic carbocycles. The van der Waals surface area contributed by atoms with Crippen LogP contribution in [0, 0.1) is 3.57 Å². The Bertz CT molecular complexity index is 323. The Labute approximate surface area is 96.8 Å². The SMILES string of the molecule is CCCCn1cc(I)c(C(=O)OC)n1. The van der Waals surface area contributed by atoms with Gasteiger partial charge in [0.2, 0.25) is 0 Å². The van der Waals surface area contributed by atoms with E-state index < -0.39 is 0 Å². The molecule has 0 atom stereocenters. The normalized spacial score (nSPS) is 10.2. The highest BCUT2D eigenvalue weighted by atomic mass is 127. The van der Waals surface area contributed by atoms with Gasteiger partial charge in [0.05, 0.1) is 10.7 Å². The van der Waals surface area contributed by atoms with Crippen molar-refractivity contribution in [2.75, 3.05) is 7.11 Å². The molecule has 1 aromatic heterocycles. The van der Waals surface area contributed by atoms with Gasteiger partial charge in [-0.1, -0.05) is 13.3 Å². The van der Waals surface area contributed by atoms with E-state index in [0.717, 1.165) is 23.0 Å². The molecule has 0 saturated heterocycles. The molecule has 78 valence electrons. The van der Waals surface area contributed by atoms with Crippen LogP contribution in [0.3, 0.4) is 0 Å². The summed E-state index contributed by atoms with van der Waals surface area (Å²) >= 11 is 2.09. The number of halogens is 1. The van der Waals surface area contributed by atoms with Crippen LogP contribution in [0.25, 0.3) is 0 Å². The van der Waals surface area contributed by atoms with Crippen LogP contribution in [-0.2, 0) is 11.3 Å². The molecule has 1 heterocycles. The van der Waals surface area contributed by atoms with Gasteiger partial charge in [0.25, 0.3) is 0 Å². The minimum atomic E-state index is -0.371. The number of rotatable bonds is 4. The van der Waals surface area contributed by atoms with Crippen molar-refractivity contribution >= 4 is 28.6 Å². The maximum absolute atomic E-state index is 11.2. The lowest BCUT2D eigenvalue weighted by Crippen LogP contribution is -2.06. The Morgan fingerprint density at radius 1 is 1.71 bits per heavy atom. The topological polar surface area (TPSA) is 44.1 Å². The largest absolute Gasteiger partial charge is 0.464 e. The van der Waals surface area contributed by atoms with Gasteiger partial charge in [-0.25, -0.2) is 4.79 Å². The summed E-state index contributed by atoms with van der Waals surface area (Å²) < 4.78 is 7.24. The molecular formula is C9H13IN2O2. The highest BCUT2D eigenvalue weighted by molar-refractivity contribution is 14.1. The Balaban J connectivity index is 2.77. The highest BCUT2D eigenvalue weighted by Crippen LogP contribution is 2.11. The second kappa shape index (κ2) is 5.33. The molecule has 1 rings (SSSR count). The van der Waals surface area contributed by atoms with Crippen LogP contribution in [0.4, 0.5) is 0 Å². The summed E-state index contributed by atoms with van der Waals surface area (Å²) in [6, 6.07) is 0. The second-order valence-electron chi connectivity index (χ2n) is 2.93. The Hall–Kier alpha value is -0.590. The van der Waals surface area contributed by atoms with Crippen LogP contribution in [0.5, 0.6) is 0 Å². The molecule has 1 aromatic rings. The number of carbonyl (C=O) groups is 1. The van der Waals surface area contributed by atoms with Gasteiger partial charge in [0, 0.05) is 12.7 Å². The molecule has 5 heteroatoms. The predicted molar refractivity (Wildman–Crippen MR) is 61.2 cm³/mol. The summed E-state index contributed by atoms with van der Waals surface area (Å²) in [5.74, 6) is -0.371. The second-order valence-corrected chi connectivity index (χ2v) is 4.10. The molecule has 0 bridgehead atoms. The van der Waals surface area contributed by atoms with Crippen molar-refractivity contribution in [2.24, 2.45) is 0 Å². The molecule has 0 N–H and O–H groups in total. The summed E-state index contributed by atoms with van der Waals surface area (Å²) in [5, 5.41) is 4.15. The van der Waals surface area contributed by atoms with Gasteiger partial charge < -0.3 is 4.74 Å². The number of aromatic nitrogens is 2. The smallest absolute Gasteiger partial charge is 0.359 e. The Morgan fingerprint density at radius 3 is 3.00 bits per heavy atom. The number of nitrogens with zero attached hydrogens (tertiary/aromatic N) is 2. The van der Waals surface area contributed by atoms with E-state index >= 15 is 0 Å². The zero-order valence-corrected chi connectivity index (χ0v) is 10.4. The summed E-state index contributed by atoms with van der Waals surface area (Å²) in [6.45, 7) is 2.97. The summed E-state index contributed by atoms with van der Waals surface area (Å²) in [4.78, 5) is 11.2. The van der Waals surface area contributed by atoms with Gasteiger partial charge in [0.1, 0.15) is 0 Å². The molecule has 0 aliphatic heterocycles. The molecule has 0 radical (unpaired) electrons. The predicted octanol–water partition coefficient (Wildman–Crippen LogP) is 2.07. The maximum Gasteiger partial charge on any atom is 0.359 e. The minimum Gasteiger partial charge on any atom is -0.464 e. The lowest BCUT2D eigenvalue weighted by molar-refractivity contribution is 0.0591. The number of hydrogen-bond acceptors (Lipinski definition) is 3. The Kier molecular flexibility index (Phi) is 4.37. The van der Waals surface area contributed by atoms with Crippen molar-refractivity contribution in [3.63, 3.8) is 0 Å². The fourth-order valence-electron chi connectivity index (χ4n) is 1.07. The number of ether oxygens (including phenoxy) is 1. The third-order valence-corrected chi connectivity index (χ3v) is 2.63. The first-order valence-corrected chi connectivity index (χ1v) is 5.58. The van der Waals surface area contributed by atoms with Crippen molar-refractivity contribution in [1.82, 2.24) is 9.78 Å². The quantitative estimate of drug-likeness (QED) is 0.632. The molecule has 0 amide bonds. The summed E-state index contributed by atoms with van der Waals surface area (Å²) in [6.07, 6.45) is 4.05. The average Bonchev–Trinajstić information content (AvgIpc) is 2.55. The average molecular weight is 308 g/mol. The molecule has 4 nitrogen and oxygen atoms in total. The molecular weight excluding hydrogens is 295 g/mol. The third kappa shape index (κ3) is 2.70. The number of carbonyl (C=O) groups excluding carboxylic acids is 1. The van der Waals surface area contributed by atoms with Crippen molar-refractivity contribution in [3.05, 3.63) is 15.5 Å². The number of methoxy groups -OCH3 is 1. The first kappa shape index (κ1) is 11.5. The van der Waals surface area contributed by atoms with Gasteiger partial charge >= 0.3 is 5.97 Å². The van der Waals surface area contributed by atoms with Gasteiger partial charge in [0.15, 0.2) is 5.69 Å². The van der Waals surface area contributed by atoms with E-state index in [0.29, 0.717) is 5.69 Å². The first-order chi connectivity index (χ1) is 6.69. The summed E-state index contributed by atoms with van der Waals surface area (Å²) in [5.41, 5.74) is 0.407. The molecule has 0 unspecified atom stereocenters. The van der Waals surface area contributed by atoms with Crippen LogP contribution in [0.1, 0.15) is 30.3 Å². The molecule has 0 spiro atoms. The van der Waals surface area contributed by atoms with Gasteiger partial charge in [-0.15, -0.1) is 0 Å². The van der Waals surface area contributed by atoms with E-state index in [9.17, 15) is 4.79 Å². The van der Waals surface area contributed by atoms with E-state index in [4.69, 9.17) is 0 Å². The van der Waals surface area contributed by atoms with Crippen LogP contribution in [0.2, 0.25) is 0 Å². The van der Waals surface area contributed by atoms with E-state index in [-0.39, 0.29) is 5.97 Å². The van der Waals surface area contributed by atoms with Crippen molar-refractivity contribution < 1.29 is 9.53 Å². The minimum absolute atomic E-state index is 0.371. The van der Waals surface area contributed by atoms with Gasteiger partial charge in [-0.05, 0) is 29.0 Å². The van der Waals surface area contributed by atoms with E-state index in [1.165, 1.54) is 7.11 Å². The Morgan fingerprint density at radius 2 is 2.43 bits per heavy atom. The van der Waals surface area contributed by atoms with Gasteiger partial charge in [-0.3, -0.25) is 4.68 Å². The van der Waals surface area contributed by atoms with Crippen LogP contribution < -0.4 is 0 Å². The van der Waals surface area contributed by atoms with Crippen LogP contribution >= 0.6 is 22.6 Å². The van der Waals surface area contributed by atoms with Crippen LogP contribution in [0.15, 0.2) is 6.20 Å². The molecule has 14 heavy (non-hydrogen) atoms.